The standard InChI is InChI=1S/C22H42O2Si/c1-17(10-9-15-24-25(7,8)22(4,5)6)11-13-20-18(2)12-14-21(20)19(3)16-23/h11,13,16-21H,9-10,12,14-15H2,1-8H3/b13-11+/t17-,18+,19-,20-,21+/m1/s1. The minimum Gasteiger partial charge on any atom is -0.417 e. The lowest BCUT2D eigenvalue weighted by Crippen LogP contribution is -2.41. The molecule has 3 heteroatoms. The maximum absolute atomic E-state index is 11.2. The van der Waals surface area contributed by atoms with Crippen LogP contribution in [0.3, 0.4) is 0 Å². The van der Waals surface area contributed by atoms with E-state index in [1.165, 1.54) is 19.3 Å². The van der Waals surface area contributed by atoms with Gasteiger partial charge in [-0.15, -0.1) is 0 Å². The number of hydrogen-bond donors (Lipinski definition) is 0. The van der Waals surface area contributed by atoms with Crippen molar-refractivity contribution in [2.45, 2.75) is 85.4 Å². The van der Waals surface area contributed by atoms with Crippen molar-refractivity contribution in [1.82, 2.24) is 0 Å². The third kappa shape index (κ3) is 6.67. The molecule has 146 valence electrons. The van der Waals surface area contributed by atoms with Crippen LogP contribution in [0.1, 0.15) is 67.2 Å². The van der Waals surface area contributed by atoms with Gasteiger partial charge in [0, 0.05) is 12.5 Å². The Morgan fingerprint density at radius 3 is 2.40 bits per heavy atom. The Kier molecular flexibility index (Phi) is 8.60. The van der Waals surface area contributed by atoms with Gasteiger partial charge in [-0.1, -0.05) is 53.7 Å². The summed E-state index contributed by atoms with van der Waals surface area (Å²) < 4.78 is 6.28. The summed E-state index contributed by atoms with van der Waals surface area (Å²) in [6, 6.07) is 0. The van der Waals surface area contributed by atoms with E-state index in [4.69, 9.17) is 4.43 Å². The largest absolute Gasteiger partial charge is 0.417 e. The molecule has 0 bridgehead atoms. The number of carbonyl (C=O) groups is 1. The second-order valence-electron chi connectivity index (χ2n) is 9.90. The molecule has 1 saturated carbocycles. The Hall–Kier alpha value is -0.413. The number of rotatable bonds is 9. The molecule has 0 unspecified atom stereocenters. The molecule has 5 atom stereocenters. The highest BCUT2D eigenvalue weighted by molar-refractivity contribution is 6.74. The Bertz CT molecular complexity index is 436. The zero-order valence-corrected chi connectivity index (χ0v) is 19.0. The Morgan fingerprint density at radius 2 is 1.84 bits per heavy atom. The average molecular weight is 367 g/mol. The molecular formula is C22H42O2Si. The first-order valence-corrected chi connectivity index (χ1v) is 13.2. The Morgan fingerprint density at radius 1 is 1.20 bits per heavy atom. The van der Waals surface area contributed by atoms with Crippen LogP contribution in [0.2, 0.25) is 18.1 Å². The molecule has 0 aromatic heterocycles. The molecule has 1 rings (SSSR count). The second-order valence-corrected chi connectivity index (χ2v) is 14.7. The fraction of sp³-hybridized carbons (Fsp3) is 0.864. The minimum absolute atomic E-state index is 0.188. The number of carbonyl (C=O) groups excluding carboxylic acids is 1. The maximum Gasteiger partial charge on any atom is 0.191 e. The first kappa shape index (κ1) is 22.6. The van der Waals surface area contributed by atoms with Gasteiger partial charge in [0.2, 0.25) is 0 Å². The van der Waals surface area contributed by atoms with Crippen LogP contribution in [0.15, 0.2) is 12.2 Å². The average Bonchev–Trinajstić information content (AvgIpc) is 2.88. The SMILES string of the molecule is C[C@H](C=O)[C@@H]1CC[C@H](C)[C@H]1/C=C/[C@H](C)CCCO[Si](C)(C)C(C)(C)C. The molecule has 0 aromatic carbocycles. The molecule has 25 heavy (non-hydrogen) atoms. The van der Waals surface area contributed by atoms with E-state index in [1.54, 1.807) is 0 Å². The molecule has 1 aliphatic rings. The summed E-state index contributed by atoms with van der Waals surface area (Å²) in [7, 11) is -1.60. The molecule has 0 heterocycles. The predicted octanol–water partition coefficient (Wildman–Crippen LogP) is 6.48. The highest BCUT2D eigenvalue weighted by Gasteiger charge is 2.37. The van der Waals surface area contributed by atoms with Crippen molar-refractivity contribution in [2.24, 2.45) is 29.6 Å². The van der Waals surface area contributed by atoms with Crippen molar-refractivity contribution in [2.75, 3.05) is 6.61 Å². The van der Waals surface area contributed by atoms with E-state index in [0.717, 1.165) is 19.3 Å². The highest BCUT2D eigenvalue weighted by Crippen LogP contribution is 2.41. The van der Waals surface area contributed by atoms with Gasteiger partial charge in [0.05, 0.1) is 0 Å². The third-order valence-electron chi connectivity index (χ3n) is 6.73. The van der Waals surface area contributed by atoms with E-state index in [9.17, 15) is 4.79 Å². The third-order valence-corrected chi connectivity index (χ3v) is 11.3. The van der Waals surface area contributed by atoms with Crippen LogP contribution in [0, 0.1) is 29.6 Å². The van der Waals surface area contributed by atoms with Gasteiger partial charge in [-0.3, -0.25) is 0 Å². The molecular weight excluding hydrogens is 324 g/mol. The number of aldehydes is 1. The summed E-state index contributed by atoms with van der Waals surface area (Å²) in [6.07, 6.45) is 10.7. The first-order valence-electron chi connectivity index (χ1n) is 10.3. The predicted molar refractivity (Wildman–Crippen MR) is 111 cm³/mol. The zero-order valence-electron chi connectivity index (χ0n) is 18.0. The van der Waals surface area contributed by atoms with Crippen LogP contribution in [0.4, 0.5) is 0 Å². The molecule has 0 amide bonds. The number of hydrogen-bond acceptors (Lipinski definition) is 2. The molecule has 0 saturated heterocycles. The van der Waals surface area contributed by atoms with Crippen molar-refractivity contribution < 1.29 is 9.22 Å². The first-order chi connectivity index (χ1) is 11.5. The Balaban J connectivity index is 2.42. The van der Waals surface area contributed by atoms with Crippen molar-refractivity contribution in [3.8, 4) is 0 Å². The van der Waals surface area contributed by atoms with Crippen LogP contribution in [-0.4, -0.2) is 21.2 Å². The summed E-state index contributed by atoms with van der Waals surface area (Å²) in [5, 5.41) is 0.293. The van der Waals surface area contributed by atoms with Gasteiger partial charge in [0.25, 0.3) is 0 Å². The highest BCUT2D eigenvalue weighted by atomic mass is 28.4. The quantitative estimate of drug-likeness (QED) is 0.202. The molecule has 0 spiro atoms. The van der Waals surface area contributed by atoms with Crippen molar-refractivity contribution >= 4 is 14.6 Å². The summed E-state index contributed by atoms with van der Waals surface area (Å²) in [5.74, 6) is 2.60. The van der Waals surface area contributed by atoms with E-state index >= 15 is 0 Å². The summed E-state index contributed by atoms with van der Waals surface area (Å²) in [6.45, 7) is 19.2. The van der Waals surface area contributed by atoms with Crippen molar-refractivity contribution in [3.63, 3.8) is 0 Å². The Labute approximate surface area is 157 Å². The van der Waals surface area contributed by atoms with Crippen LogP contribution < -0.4 is 0 Å². The zero-order chi connectivity index (χ0) is 19.3. The van der Waals surface area contributed by atoms with E-state index in [1.807, 2.05) is 0 Å². The lowest BCUT2D eigenvalue weighted by molar-refractivity contribution is -0.112. The van der Waals surface area contributed by atoms with Gasteiger partial charge < -0.3 is 9.22 Å². The van der Waals surface area contributed by atoms with Gasteiger partial charge in [-0.05, 0) is 67.5 Å². The van der Waals surface area contributed by atoms with Gasteiger partial charge in [0.1, 0.15) is 6.29 Å². The van der Waals surface area contributed by atoms with E-state index in [-0.39, 0.29) is 5.92 Å². The van der Waals surface area contributed by atoms with Crippen LogP contribution in [-0.2, 0) is 9.22 Å². The summed E-state index contributed by atoms with van der Waals surface area (Å²) >= 11 is 0. The smallest absolute Gasteiger partial charge is 0.191 e. The second kappa shape index (κ2) is 9.50. The molecule has 0 radical (unpaired) electrons. The van der Waals surface area contributed by atoms with Crippen molar-refractivity contribution in [3.05, 3.63) is 12.2 Å². The monoisotopic (exact) mass is 366 g/mol. The fourth-order valence-corrected chi connectivity index (χ4v) is 4.76. The number of allylic oxidation sites excluding steroid dienone is 2. The van der Waals surface area contributed by atoms with Gasteiger partial charge in [0.15, 0.2) is 8.32 Å². The van der Waals surface area contributed by atoms with E-state index in [0.29, 0.717) is 28.7 Å². The maximum atomic E-state index is 11.2. The molecule has 0 aliphatic heterocycles. The summed E-state index contributed by atoms with van der Waals surface area (Å²) in [4.78, 5) is 11.2. The van der Waals surface area contributed by atoms with Gasteiger partial charge in [-0.25, -0.2) is 0 Å². The van der Waals surface area contributed by atoms with E-state index in [2.05, 4.69) is 66.8 Å². The van der Waals surface area contributed by atoms with Gasteiger partial charge in [-0.2, -0.15) is 0 Å². The fourth-order valence-electron chi connectivity index (χ4n) is 3.67. The molecule has 2 nitrogen and oxygen atoms in total. The van der Waals surface area contributed by atoms with Crippen LogP contribution in [0.25, 0.3) is 0 Å². The molecule has 1 aliphatic carbocycles. The lowest BCUT2D eigenvalue weighted by Gasteiger charge is -2.36. The molecule has 1 fully saturated rings. The molecule has 0 N–H and O–H groups in total. The van der Waals surface area contributed by atoms with Gasteiger partial charge >= 0.3 is 0 Å². The summed E-state index contributed by atoms with van der Waals surface area (Å²) in [5.41, 5.74) is 0. The normalized spacial score (nSPS) is 27.6. The topological polar surface area (TPSA) is 26.3 Å². The molecule has 0 aromatic rings. The van der Waals surface area contributed by atoms with E-state index < -0.39 is 8.32 Å². The van der Waals surface area contributed by atoms with Crippen LogP contribution in [0.5, 0.6) is 0 Å². The van der Waals surface area contributed by atoms with Crippen LogP contribution >= 0.6 is 0 Å². The minimum atomic E-state index is -1.60. The lowest BCUT2D eigenvalue weighted by atomic mass is 9.82. The van der Waals surface area contributed by atoms with Crippen molar-refractivity contribution in [1.29, 1.82) is 0 Å².